The van der Waals surface area contributed by atoms with Crippen LogP contribution in [-0.4, -0.2) is 7.11 Å². The van der Waals surface area contributed by atoms with Crippen LogP contribution in [0.4, 0.5) is 0 Å². The van der Waals surface area contributed by atoms with E-state index in [4.69, 9.17) is 4.74 Å². The molecule has 26 heavy (non-hydrogen) atoms. The molecule has 0 bridgehead atoms. The van der Waals surface area contributed by atoms with E-state index in [1.165, 1.54) is 5.56 Å². The summed E-state index contributed by atoms with van der Waals surface area (Å²) >= 11 is 0. The summed E-state index contributed by atoms with van der Waals surface area (Å²) < 4.78 is 5.29. The first-order valence-electron chi connectivity index (χ1n) is 8.70. The van der Waals surface area contributed by atoms with Crippen LogP contribution in [0.25, 0.3) is 0 Å². The summed E-state index contributed by atoms with van der Waals surface area (Å²) in [5, 5.41) is 0. The molecule has 0 amide bonds. The van der Waals surface area contributed by atoms with Crippen LogP contribution < -0.4 is 4.74 Å². The molecule has 0 spiro atoms. The van der Waals surface area contributed by atoms with E-state index in [9.17, 15) is 0 Å². The molecule has 2 unspecified atom stereocenters. The van der Waals surface area contributed by atoms with E-state index >= 15 is 0 Å². The normalized spacial score (nSPS) is 12.3. The fraction of sp³-hybridized carbons (Fsp3) is 0.120. The molecule has 0 aromatic heterocycles. The fourth-order valence-corrected chi connectivity index (χ4v) is 3.01. The van der Waals surface area contributed by atoms with Gasteiger partial charge in [0.15, 0.2) is 0 Å². The first kappa shape index (κ1) is 17.6. The second-order valence-electron chi connectivity index (χ2n) is 6.06. The molecule has 3 aromatic rings. The quantitative estimate of drug-likeness (QED) is 0.422. The lowest BCUT2D eigenvalue weighted by Crippen LogP contribution is -2.08. The summed E-state index contributed by atoms with van der Waals surface area (Å²) in [6.07, 6.45) is 1.99. The van der Waals surface area contributed by atoms with E-state index in [0.29, 0.717) is 0 Å². The number of ether oxygens (including phenoxy) is 1. The monoisotopic (exact) mass is 338 g/mol. The van der Waals surface area contributed by atoms with Gasteiger partial charge in [-0.25, -0.2) is 0 Å². The maximum atomic E-state index is 5.29. The number of rotatable bonds is 5. The Hall–Kier alpha value is -3.24. The number of allylic oxidation sites excluding steroid dienone is 1. The molecule has 0 aliphatic heterocycles. The fourth-order valence-electron chi connectivity index (χ4n) is 3.01. The molecule has 128 valence electrons. The molecule has 0 fully saturated rings. The van der Waals surface area contributed by atoms with Gasteiger partial charge in [-0.2, -0.15) is 0 Å². The third kappa shape index (κ3) is 4.23. The van der Waals surface area contributed by atoms with Crippen molar-refractivity contribution in [2.75, 3.05) is 7.11 Å². The van der Waals surface area contributed by atoms with E-state index in [0.717, 1.165) is 16.9 Å². The van der Waals surface area contributed by atoms with Gasteiger partial charge in [-0.05, 0) is 35.4 Å². The van der Waals surface area contributed by atoms with Crippen molar-refractivity contribution in [3.63, 3.8) is 0 Å². The van der Waals surface area contributed by atoms with Crippen LogP contribution in [0.2, 0.25) is 0 Å². The zero-order valence-electron chi connectivity index (χ0n) is 14.9. The summed E-state index contributed by atoms with van der Waals surface area (Å²) in [4.78, 5) is 0. The summed E-state index contributed by atoms with van der Waals surface area (Å²) in [5.41, 5.74) is 3.38. The second-order valence-corrected chi connectivity index (χ2v) is 6.06. The van der Waals surface area contributed by atoms with Gasteiger partial charge in [0, 0.05) is 11.5 Å². The lowest BCUT2D eigenvalue weighted by molar-refractivity contribution is 0.414. The summed E-state index contributed by atoms with van der Waals surface area (Å²) in [6, 6.07) is 28.6. The van der Waals surface area contributed by atoms with Gasteiger partial charge in [0.2, 0.25) is 0 Å². The summed E-state index contributed by atoms with van der Waals surface area (Å²) in [6.45, 7) is 4.08. The third-order valence-electron chi connectivity index (χ3n) is 4.42. The molecule has 2 atom stereocenters. The Balaban J connectivity index is 2.02. The number of benzene rings is 3. The van der Waals surface area contributed by atoms with E-state index in [1.807, 2.05) is 54.6 Å². The third-order valence-corrected chi connectivity index (χ3v) is 4.42. The predicted octanol–water partition coefficient (Wildman–Crippen LogP) is 5.80. The van der Waals surface area contributed by atoms with Gasteiger partial charge in [0.05, 0.1) is 13.0 Å². The van der Waals surface area contributed by atoms with Gasteiger partial charge in [0.1, 0.15) is 5.75 Å². The van der Waals surface area contributed by atoms with E-state index < -0.39 is 0 Å². The molecule has 3 rings (SSSR count). The molecule has 0 heterocycles. The van der Waals surface area contributed by atoms with Crippen molar-refractivity contribution < 1.29 is 4.74 Å². The maximum Gasteiger partial charge on any atom is 0.118 e. The Morgan fingerprint density at radius 1 is 0.808 bits per heavy atom. The molecule has 3 aromatic carbocycles. The number of methoxy groups -OCH3 is 1. The number of hydrogen-bond donors (Lipinski definition) is 0. The summed E-state index contributed by atoms with van der Waals surface area (Å²) in [7, 11) is 1.68. The Bertz CT molecular complexity index is 884. The zero-order valence-corrected chi connectivity index (χ0v) is 14.9. The lowest BCUT2D eigenvalue weighted by Gasteiger charge is -2.21. The SMILES string of the molecule is C=CC(c1ccccc1)C(C#Cc1ccccc1)c1ccc(OC)cc1. The second kappa shape index (κ2) is 8.74. The molecule has 0 saturated carbocycles. The average molecular weight is 338 g/mol. The summed E-state index contributed by atoms with van der Waals surface area (Å²) in [5.74, 6) is 7.78. The molecule has 1 nitrogen and oxygen atoms in total. The number of hydrogen-bond acceptors (Lipinski definition) is 1. The predicted molar refractivity (Wildman–Crippen MR) is 108 cm³/mol. The minimum Gasteiger partial charge on any atom is -0.497 e. The largest absolute Gasteiger partial charge is 0.497 e. The van der Waals surface area contributed by atoms with Crippen LogP contribution in [-0.2, 0) is 0 Å². The van der Waals surface area contributed by atoms with Crippen molar-refractivity contribution in [3.05, 3.63) is 114 Å². The van der Waals surface area contributed by atoms with Crippen LogP contribution in [0.3, 0.4) is 0 Å². The average Bonchev–Trinajstić information content (AvgIpc) is 2.72. The zero-order chi connectivity index (χ0) is 18.2. The molecule has 1 heteroatoms. The van der Waals surface area contributed by atoms with Crippen molar-refractivity contribution in [2.45, 2.75) is 11.8 Å². The van der Waals surface area contributed by atoms with Gasteiger partial charge in [-0.3, -0.25) is 0 Å². The highest BCUT2D eigenvalue weighted by molar-refractivity contribution is 5.43. The molecule has 0 N–H and O–H groups in total. The van der Waals surface area contributed by atoms with Crippen molar-refractivity contribution in [1.82, 2.24) is 0 Å². The Morgan fingerprint density at radius 3 is 2.00 bits per heavy atom. The molecule has 0 radical (unpaired) electrons. The van der Waals surface area contributed by atoms with Crippen LogP contribution in [0.1, 0.15) is 28.5 Å². The first-order valence-corrected chi connectivity index (χ1v) is 8.70. The maximum absolute atomic E-state index is 5.29. The lowest BCUT2D eigenvalue weighted by atomic mass is 9.81. The van der Waals surface area contributed by atoms with E-state index in [2.05, 4.69) is 54.8 Å². The van der Waals surface area contributed by atoms with Gasteiger partial charge in [0.25, 0.3) is 0 Å². The van der Waals surface area contributed by atoms with Crippen molar-refractivity contribution in [1.29, 1.82) is 0 Å². The smallest absolute Gasteiger partial charge is 0.118 e. The van der Waals surface area contributed by atoms with Gasteiger partial charge < -0.3 is 4.74 Å². The Labute approximate surface area is 156 Å². The van der Waals surface area contributed by atoms with Gasteiger partial charge in [-0.15, -0.1) is 6.58 Å². The Morgan fingerprint density at radius 2 is 1.42 bits per heavy atom. The van der Waals surface area contributed by atoms with Crippen molar-refractivity contribution >= 4 is 0 Å². The van der Waals surface area contributed by atoms with Gasteiger partial charge >= 0.3 is 0 Å². The van der Waals surface area contributed by atoms with Crippen LogP contribution in [0.15, 0.2) is 97.6 Å². The molecular weight excluding hydrogens is 316 g/mol. The molecular formula is C25H22O. The van der Waals surface area contributed by atoms with E-state index in [-0.39, 0.29) is 11.8 Å². The van der Waals surface area contributed by atoms with Crippen LogP contribution in [0, 0.1) is 11.8 Å². The minimum absolute atomic E-state index is 0.0148. The Kier molecular flexibility index (Phi) is 5.91. The standard InChI is InChI=1S/C25H22O/c1-3-24(21-12-8-5-9-13-21)25(19-14-20-10-6-4-7-11-20)22-15-17-23(26-2)18-16-22/h3-13,15-18,24-25H,1H2,2H3. The highest BCUT2D eigenvalue weighted by Gasteiger charge is 2.20. The topological polar surface area (TPSA) is 9.23 Å². The highest BCUT2D eigenvalue weighted by atomic mass is 16.5. The highest BCUT2D eigenvalue weighted by Crippen LogP contribution is 2.34. The molecule has 0 aliphatic rings. The van der Waals surface area contributed by atoms with E-state index in [1.54, 1.807) is 7.11 Å². The minimum atomic E-state index is 0.0148. The van der Waals surface area contributed by atoms with Gasteiger partial charge in [-0.1, -0.05) is 78.6 Å². The molecule has 0 saturated heterocycles. The van der Waals surface area contributed by atoms with Crippen LogP contribution >= 0.6 is 0 Å². The van der Waals surface area contributed by atoms with Crippen molar-refractivity contribution in [3.8, 4) is 17.6 Å². The first-order chi connectivity index (χ1) is 12.8. The molecule has 0 aliphatic carbocycles. The van der Waals surface area contributed by atoms with Crippen LogP contribution in [0.5, 0.6) is 5.75 Å². The van der Waals surface area contributed by atoms with Crippen molar-refractivity contribution in [2.24, 2.45) is 0 Å².